The molecule has 0 amide bonds. The van der Waals surface area contributed by atoms with Crippen LogP contribution in [-0.4, -0.2) is 34.9 Å². The third-order valence-corrected chi connectivity index (χ3v) is 8.27. The van der Waals surface area contributed by atoms with Crippen LogP contribution in [0.15, 0.2) is 42.9 Å². The highest BCUT2D eigenvalue weighted by Crippen LogP contribution is 2.61. The van der Waals surface area contributed by atoms with E-state index >= 15 is 0 Å². The van der Waals surface area contributed by atoms with Crippen LogP contribution in [-0.2, 0) is 5.41 Å². The van der Waals surface area contributed by atoms with Gasteiger partial charge >= 0.3 is 0 Å². The average Bonchev–Trinajstić information content (AvgIpc) is 3.56. The Hall–Kier alpha value is -3.62. The summed E-state index contributed by atoms with van der Waals surface area (Å²) in [7, 11) is 0. The molecule has 1 saturated carbocycles. The first-order valence-corrected chi connectivity index (χ1v) is 12.3. The van der Waals surface area contributed by atoms with Gasteiger partial charge in [0.25, 0.3) is 5.95 Å². The first-order valence-electron chi connectivity index (χ1n) is 12.3. The number of hydrogen-bond donors (Lipinski definition) is 0. The molecule has 2 aliphatic carbocycles. The molecule has 2 unspecified atom stereocenters. The fourth-order valence-electron chi connectivity index (χ4n) is 5.79. The van der Waals surface area contributed by atoms with Gasteiger partial charge in [-0.2, -0.15) is 9.78 Å². The molecule has 6 rings (SSSR count). The fraction of sp³-hybridized carbons (Fsp3) is 0.407. The lowest BCUT2D eigenvalue weighted by molar-refractivity contribution is 0.189. The van der Waals surface area contributed by atoms with E-state index in [2.05, 4.69) is 53.0 Å². The highest BCUT2D eigenvalue weighted by atomic mass is 19.1. The fourth-order valence-corrected chi connectivity index (χ4v) is 5.79. The Kier molecular flexibility index (Phi) is 5.04. The molecule has 0 spiro atoms. The molecule has 3 aromatic heterocycles. The molecule has 0 saturated heterocycles. The van der Waals surface area contributed by atoms with Crippen molar-refractivity contribution in [2.24, 2.45) is 5.41 Å². The molecular weight excluding hydrogens is 460 g/mol. The summed E-state index contributed by atoms with van der Waals surface area (Å²) in [6.45, 7) is 8.61. The maximum absolute atomic E-state index is 14.6. The molecule has 0 aliphatic heterocycles. The molecule has 7 nitrogen and oxygen atoms in total. The van der Waals surface area contributed by atoms with Gasteiger partial charge in [-0.05, 0) is 67.3 Å². The number of hydrogen-bond acceptors (Lipinski definition) is 6. The van der Waals surface area contributed by atoms with Crippen LogP contribution < -0.4 is 0 Å². The van der Waals surface area contributed by atoms with Gasteiger partial charge in [-0.25, -0.2) is 23.7 Å². The summed E-state index contributed by atoms with van der Waals surface area (Å²) in [6.07, 6.45) is 6.44. The second kappa shape index (κ2) is 7.94. The highest BCUT2D eigenvalue weighted by molar-refractivity contribution is 5.63. The van der Waals surface area contributed by atoms with Crippen LogP contribution >= 0.6 is 0 Å². The van der Waals surface area contributed by atoms with Gasteiger partial charge < -0.3 is 0 Å². The van der Waals surface area contributed by atoms with E-state index in [0.717, 1.165) is 42.0 Å². The molecule has 2 atom stereocenters. The van der Waals surface area contributed by atoms with Gasteiger partial charge in [0, 0.05) is 12.1 Å². The third-order valence-electron chi connectivity index (χ3n) is 8.27. The molecule has 4 aromatic rings. The SMILES string of the molecule is CCC1c2cc(-c3c(F)cccc3F)nnc2C(C)(c2ccnc(-n3cnc(C4CC4)n3)n2)C1(C)C. The average molecular weight is 488 g/mol. The zero-order chi connectivity index (χ0) is 25.2. The largest absolute Gasteiger partial charge is 0.252 e. The van der Waals surface area contributed by atoms with Gasteiger partial charge in [0.05, 0.1) is 28.1 Å². The number of benzene rings is 1. The van der Waals surface area contributed by atoms with Gasteiger partial charge in [0.2, 0.25) is 0 Å². The second-order valence-corrected chi connectivity index (χ2v) is 10.5. The van der Waals surface area contributed by atoms with Crippen LogP contribution in [0.4, 0.5) is 8.78 Å². The van der Waals surface area contributed by atoms with Crippen molar-refractivity contribution in [2.45, 2.75) is 64.2 Å². The van der Waals surface area contributed by atoms with Crippen molar-refractivity contribution in [2.75, 3.05) is 0 Å². The molecule has 0 radical (unpaired) electrons. The van der Waals surface area contributed by atoms with Crippen molar-refractivity contribution in [1.29, 1.82) is 0 Å². The van der Waals surface area contributed by atoms with E-state index in [0.29, 0.717) is 11.9 Å². The van der Waals surface area contributed by atoms with Crippen molar-refractivity contribution in [3.05, 3.63) is 77.3 Å². The van der Waals surface area contributed by atoms with Crippen molar-refractivity contribution < 1.29 is 8.78 Å². The van der Waals surface area contributed by atoms with Crippen LogP contribution in [0, 0.1) is 17.0 Å². The normalized spacial score (nSPS) is 22.6. The Morgan fingerprint density at radius 3 is 2.47 bits per heavy atom. The summed E-state index contributed by atoms with van der Waals surface area (Å²) in [6, 6.07) is 7.52. The topological polar surface area (TPSA) is 82.3 Å². The van der Waals surface area contributed by atoms with Crippen molar-refractivity contribution in [3.63, 3.8) is 0 Å². The number of rotatable bonds is 5. The Morgan fingerprint density at radius 2 is 1.78 bits per heavy atom. The molecular formula is C27H27F2N7. The number of fused-ring (bicyclic) bond motifs is 1. The quantitative estimate of drug-likeness (QED) is 0.369. The summed E-state index contributed by atoms with van der Waals surface area (Å²) in [4.78, 5) is 13.8. The monoisotopic (exact) mass is 487 g/mol. The van der Waals surface area contributed by atoms with E-state index in [1.54, 1.807) is 23.3 Å². The zero-order valence-corrected chi connectivity index (χ0v) is 20.7. The van der Waals surface area contributed by atoms with E-state index < -0.39 is 17.0 Å². The standard InChI is InChI=1S/C27H27F2N7/c1-5-17-16-13-20(22-18(28)7-6-8-19(22)29)33-34-23(16)27(4,26(17,2)3)21-11-12-30-25(32-21)36-14-31-24(35-36)15-9-10-15/h6-8,11-15,17H,5,9-10H2,1-4H3. The maximum atomic E-state index is 14.6. The molecule has 1 aromatic carbocycles. The smallest absolute Gasteiger partial charge is 0.220 e. The van der Waals surface area contributed by atoms with Gasteiger partial charge in [0.15, 0.2) is 5.82 Å². The molecule has 1 fully saturated rings. The van der Waals surface area contributed by atoms with Crippen molar-refractivity contribution in [3.8, 4) is 17.2 Å². The van der Waals surface area contributed by atoms with Crippen LogP contribution in [0.3, 0.4) is 0 Å². The molecule has 0 bridgehead atoms. The van der Waals surface area contributed by atoms with Gasteiger partial charge in [-0.1, -0.05) is 26.8 Å². The summed E-state index contributed by atoms with van der Waals surface area (Å²) < 4.78 is 30.7. The first kappa shape index (κ1) is 22.8. The first-order chi connectivity index (χ1) is 17.3. The van der Waals surface area contributed by atoms with E-state index in [1.165, 1.54) is 18.2 Å². The third kappa shape index (κ3) is 3.21. The van der Waals surface area contributed by atoms with Crippen molar-refractivity contribution in [1.82, 2.24) is 34.9 Å². The predicted molar refractivity (Wildman–Crippen MR) is 130 cm³/mol. The molecule has 3 heterocycles. The number of nitrogens with zero attached hydrogens (tertiary/aromatic N) is 7. The summed E-state index contributed by atoms with van der Waals surface area (Å²) >= 11 is 0. The zero-order valence-electron chi connectivity index (χ0n) is 20.7. The van der Waals surface area contributed by atoms with Crippen LogP contribution in [0.5, 0.6) is 0 Å². The Labute approximate surface area is 208 Å². The minimum absolute atomic E-state index is 0.0767. The Morgan fingerprint density at radius 1 is 1.03 bits per heavy atom. The van der Waals surface area contributed by atoms with E-state index in [1.807, 2.05) is 6.07 Å². The van der Waals surface area contributed by atoms with Crippen LogP contribution in [0.2, 0.25) is 0 Å². The molecule has 2 aliphatic rings. The van der Waals surface area contributed by atoms with Gasteiger partial charge in [0.1, 0.15) is 18.0 Å². The molecule has 184 valence electrons. The van der Waals surface area contributed by atoms with Crippen molar-refractivity contribution >= 4 is 0 Å². The summed E-state index contributed by atoms with van der Waals surface area (Å²) in [5.74, 6) is 0.469. The Balaban J connectivity index is 1.49. The lowest BCUT2D eigenvalue weighted by Crippen LogP contribution is -2.40. The van der Waals surface area contributed by atoms with Crippen LogP contribution in [0.25, 0.3) is 17.2 Å². The number of halogens is 2. The minimum atomic E-state index is -0.656. The lowest BCUT2D eigenvalue weighted by Gasteiger charge is -2.41. The molecule has 9 heteroatoms. The Bertz CT molecular complexity index is 1460. The highest BCUT2D eigenvalue weighted by Gasteiger charge is 2.57. The van der Waals surface area contributed by atoms with E-state index in [4.69, 9.17) is 4.98 Å². The van der Waals surface area contributed by atoms with Crippen LogP contribution in [0.1, 0.15) is 81.6 Å². The second-order valence-electron chi connectivity index (χ2n) is 10.5. The van der Waals surface area contributed by atoms with Gasteiger partial charge in [-0.15, -0.1) is 10.2 Å². The molecule has 0 N–H and O–H groups in total. The minimum Gasteiger partial charge on any atom is -0.220 e. The molecule has 36 heavy (non-hydrogen) atoms. The predicted octanol–water partition coefficient (Wildman–Crippen LogP) is 5.51. The van der Waals surface area contributed by atoms with E-state index in [9.17, 15) is 8.78 Å². The van der Waals surface area contributed by atoms with Gasteiger partial charge in [-0.3, -0.25) is 0 Å². The van der Waals surface area contributed by atoms with E-state index in [-0.39, 0.29) is 22.6 Å². The summed E-state index contributed by atoms with van der Waals surface area (Å²) in [5, 5.41) is 13.5. The maximum Gasteiger partial charge on any atom is 0.252 e. The lowest BCUT2D eigenvalue weighted by atomic mass is 9.62. The number of aromatic nitrogens is 7. The summed E-state index contributed by atoms with van der Waals surface area (Å²) in [5.41, 5.74) is 1.59.